The van der Waals surface area contributed by atoms with Crippen molar-refractivity contribution in [2.24, 2.45) is 10.3 Å². The van der Waals surface area contributed by atoms with Gasteiger partial charge in [0.25, 0.3) is 11.8 Å². The third-order valence-electron chi connectivity index (χ3n) is 6.83. The molecule has 17 heteroatoms. The van der Waals surface area contributed by atoms with Gasteiger partial charge in [0.2, 0.25) is 0 Å². The molecular weight excluding hydrogens is 796 g/mol. The average Bonchev–Trinajstić information content (AvgIpc) is 3.56. The number of hydrogen-bond acceptors (Lipinski definition) is 11. The molecule has 40 heavy (non-hydrogen) atoms. The van der Waals surface area contributed by atoms with E-state index in [0.717, 1.165) is 0 Å². The number of allylic oxidation sites excluding steroid dienone is 2. The van der Waals surface area contributed by atoms with Crippen molar-refractivity contribution in [2.75, 3.05) is 13.1 Å². The number of amides is 2. The largest absolute Gasteiger partial charge is 0.391 e. The molecule has 0 saturated heterocycles. The van der Waals surface area contributed by atoms with Crippen molar-refractivity contribution in [3.05, 3.63) is 21.1 Å². The predicted octanol–water partition coefficient (Wildman–Crippen LogP) is 0.362. The zero-order valence-corrected chi connectivity index (χ0v) is 26.8. The number of carbonyl (C=O) groups is 4. The molecule has 0 radical (unpaired) electrons. The van der Waals surface area contributed by atoms with Gasteiger partial charge in [-0.05, 0) is 56.9 Å². The summed E-state index contributed by atoms with van der Waals surface area (Å²) in [5.41, 5.74) is -2.66. The Balaban J connectivity index is 1.17. The van der Waals surface area contributed by atoms with Gasteiger partial charge >= 0.3 is 0 Å². The fourth-order valence-electron chi connectivity index (χ4n) is 4.49. The van der Waals surface area contributed by atoms with E-state index in [2.05, 4.69) is 84.7 Å². The molecular formula is C23H24Br4N4O9. The van der Waals surface area contributed by atoms with Crippen molar-refractivity contribution < 1.29 is 44.2 Å². The van der Waals surface area contributed by atoms with Gasteiger partial charge in [-0.3, -0.25) is 19.2 Å². The molecule has 0 saturated carbocycles. The molecule has 218 valence electrons. The topological polar surface area (TPSA) is 196 Å². The first-order chi connectivity index (χ1) is 18.8. The Kier molecular flexibility index (Phi) is 9.74. The molecule has 2 heterocycles. The van der Waals surface area contributed by atoms with Crippen molar-refractivity contribution >= 4 is 98.5 Å². The van der Waals surface area contributed by atoms with Gasteiger partial charge in [0.05, 0.1) is 15.1 Å². The third-order valence-corrected chi connectivity index (χ3v) is 9.90. The Bertz CT molecular complexity index is 1240. The summed E-state index contributed by atoms with van der Waals surface area (Å²) in [6, 6.07) is 0. The lowest BCUT2D eigenvalue weighted by Gasteiger charge is -2.34. The zero-order chi connectivity index (χ0) is 29.4. The molecule has 7 unspecified atom stereocenters. The van der Waals surface area contributed by atoms with Crippen LogP contribution in [0.5, 0.6) is 0 Å². The van der Waals surface area contributed by atoms with Gasteiger partial charge in [-0.15, -0.1) is 0 Å². The second-order valence-electron chi connectivity index (χ2n) is 9.69. The molecule has 4 rings (SSSR count). The molecule has 2 amide bonds. The van der Waals surface area contributed by atoms with E-state index in [9.17, 15) is 34.5 Å². The molecule has 0 aromatic heterocycles. The number of rotatable bonds is 8. The number of nitrogens with zero attached hydrogens (tertiary/aromatic N) is 2. The first-order valence-electron chi connectivity index (χ1n) is 12.0. The summed E-state index contributed by atoms with van der Waals surface area (Å²) in [5, 5.41) is 44.0. The Morgan fingerprint density at radius 2 is 1.38 bits per heavy atom. The van der Waals surface area contributed by atoms with Crippen LogP contribution < -0.4 is 10.6 Å². The predicted molar refractivity (Wildman–Crippen MR) is 154 cm³/mol. The fraction of sp³-hybridized carbons (Fsp3) is 0.565. The second kappa shape index (κ2) is 12.4. The first kappa shape index (κ1) is 31.4. The van der Waals surface area contributed by atoms with Crippen LogP contribution in [-0.2, 0) is 28.9 Å². The van der Waals surface area contributed by atoms with Crippen LogP contribution in [0.2, 0.25) is 0 Å². The van der Waals surface area contributed by atoms with Crippen LogP contribution in [0.4, 0.5) is 0 Å². The van der Waals surface area contributed by atoms with Crippen molar-refractivity contribution in [3.8, 4) is 0 Å². The first-order valence-corrected chi connectivity index (χ1v) is 15.5. The van der Waals surface area contributed by atoms with E-state index >= 15 is 0 Å². The molecule has 13 nitrogen and oxygen atoms in total. The minimum atomic E-state index is -1.37. The van der Waals surface area contributed by atoms with Crippen molar-refractivity contribution in [1.29, 1.82) is 0 Å². The van der Waals surface area contributed by atoms with E-state index in [0.29, 0.717) is 6.42 Å². The monoisotopic (exact) mass is 816 g/mol. The van der Waals surface area contributed by atoms with E-state index in [1.807, 2.05) is 0 Å². The number of alkyl halides is 2. The lowest BCUT2D eigenvalue weighted by molar-refractivity contribution is -0.125. The molecule has 2 aliphatic heterocycles. The highest BCUT2D eigenvalue weighted by atomic mass is 79.9. The Morgan fingerprint density at radius 3 is 1.85 bits per heavy atom. The normalized spacial score (nSPS) is 34.0. The second-order valence-corrected chi connectivity index (χ2v) is 13.4. The molecule has 0 fully saturated rings. The van der Waals surface area contributed by atoms with Crippen LogP contribution in [0.25, 0.3) is 0 Å². The average molecular weight is 820 g/mol. The third kappa shape index (κ3) is 6.15. The highest BCUT2D eigenvalue weighted by Gasteiger charge is 2.54. The molecule has 7 atom stereocenters. The lowest BCUT2D eigenvalue weighted by atomic mass is 9.83. The van der Waals surface area contributed by atoms with Gasteiger partial charge in [0, 0.05) is 25.9 Å². The van der Waals surface area contributed by atoms with Gasteiger partial charge in [-0.1, -0.05) is 42.2 Å². The number of aliphatic hydroxyl groups excluding tert-OH is 3. The minimum Gasteiger partial charge on any atom is -0.391 e. The summed E-state index contributed by atoms with van der Waals surface area (Å²) in [6.07, 6.45) is -0.106. The van der Waals surface area contributed by atoms with Crippen LogP contribution in [0.15, 0.2) is 31.4 Å². The Hall–Kier alpha value is -1.50. The number of ketones is 2. The summed E-state index contributed by atoms with van der Waals surface area (Å²) in [5.74, 6) is -1.80. The van der Waals surface area contributed by atoms with Crippen molar-refractivity contribution in [1.82, 2.24) is 10.6 Å². The number of Topliss-reactive ketones (excluding diaryl/α,β-unsaturated/α-hetero) is 2. The number of oxime groups is 2. The molecule has 0 bridgehead atoms. The molecule has 5 N–H and O–H groups in total. The summed E-state index contributed by atoms with van der Waals surface area (Å²) >= 11 is 12.6. The fourth-order valence-corrected chi connectivity index (χ4v) is 7.76. The number of carbonyl (C=O) groups excluding carboxylic acids is 4. The molecule has 0 aromatic rings. The Morgan fingerprint density at radius 1 is 0.925 bits per heavy atom. The maximum atomic E-state index is 12.5. The van der Waals surface area contributed by atoms with E-state index in [1.54, 1.807) is 0 Å². The highest BCUT2D eigenvalue weighted by molar-refractivity contribution is 9.12. The minimum absolute atomic E-state index is 0.00185. The highest BCUT2D eigenvalue weighted by Crippen LogP contribution is 2.41. The number of halogens is 4. The molecule has 2 spiro atoms. The maximum absolute atomic E-state index is 12.5. The summed E-state index contributed by atoms with van der Waals surface area (Å²) < 4.78 is 0.414. The van der Waals surface area contributed by atoms with Crippen molar-refractivity contribution in [3.63, 3.8) is 0 Å². The van der Waals surface area contributed by atoms with E-state index in [1.165, 1.54) is 12.2 Å². The lowest BCUT2D eigenvalue weighted by Crippen LogP contribution is -2.52. The molecule has 4 aliphatic rings. The maximum Gasteiger partial charge on any atom is 0.269 e. The van der Waals surface area contributed by atoms with Gasteiger partial charge in [-0.25, -0.2) is 0 Å². The van der Waals surface area contributed by atoms with Crippen LogP contribution in [0, 0.1) is 0 Å². The molecule has 0 aromatic carbocycles. The van der Waals surface area contributed by atoms with Gasteiger partial charge in [0.1, 0.15) is 33.3 Å². The van der Waals surface area contributed by atoms with Crippen molar-refractivity contribution in [2.45, 2.75) is 64.9 Å². The van der Waals surface area contributed by atoms with Gasteiger partial charge < -0.3 is 35.6 Å². The van der Waals surface area contributed by atoms with E-state index in [4.69, 9.17) is 9.68 Å². The summed E-state index contributed by atoms with van der Waals surface area (Å²) in [6.45, 7) is 0.112. The van der Waals surface area contributed by atoms with Crippen LogP contribution in [0.1, 0.15) is 25.7 Å². The zero-order valence-electron chi connectivity index (χ0n) is 20.5. The van der Waals surface area contributed by atoms with E-state index < -0.39 is 51.0 Å². The summed E-state index contributed by atoms with van der Waals surface area (Å²) in [7, 11) is 0. The molecule has 2 aliphatic carbocycles. The number of nitrogens with one attached hydrogen (secondary N) is 2. The quantitative estimate of drug-likeness (QED) is 0.170. The van der Waals surface area contributed by atoms with Crippen LogP contribution in [0.3, 0.4) is 0 Å². The van der Waals surface area contributed by atoms with Crippen LogP contribution in [-0.4, -0.2) is 102 Å². The summed E-state index contributed by atoms with van der Waals surface area (Å²) in [4.78, 5) is 57.9. The van der Waals surface area contributed by atoms with Crippen LogP contribution >= 0.6 is 63.7 Å². The number of aliphatic hydroxyl groups is 3. The smallest absolute Gasteiger partial charge is 0.269 e. The Labute approximate surface area is 261 Å². The number of hydrogen-bond donors (Lipinski definition) is 5. The van der Waals surface area contributed by atoms with Gasteiger partial charge in [-0.2, -0.15) is 0 Å². The van der Waals surface area contributed by atoms with E-state index in [-0.39, 0.29) is 64.3 Å². The standard InChI is InChI=1S/C23H24Br4N4O9/c24-10-4-22(18(35)14(26)16(10)33)6-12(30-39-22)20(37)28-3-1-2-9(32)8-29-21(38)13-7-23(40-31-13)5-11(25)17(34)15(27)19(23)36/h4-5,9,14-15,18-19,32,35-36H,1-3,6-8H2,(H,28,37)(H,29,38). The van der Waals surface area contributed by atoms with Gasteiger partial charge in [0.15, 0.2) is 22.8 Å². The SMILES string of the molecule is O=C(NCCCC(O)CNC(=O)C1=NOC2(C=C(Br)C(=O)C(Br)C2O)C1)C1=NOC2(C=C(Br)C(=O)C(Br)C2O)C1.